The minimum Gasteiger partial charge on any atom is -0.487 e. The van der Waals surface area contributed by atoms with Crippen molar-refractivity contribution >= 4 is 50.6 Å². The van der Waals surface area contributed by atoms with Crippen LogP contribution in [0.4, 0.5) is 29.1 Å². The topological polar surface area (TPSA) is 103 Å². The number of rotatable bonds is 11. The smallest absolute Gasteiger partial charge is 0.487 e. The number of hydrogen-bond acceptors (Lipinski definition) is 9. The summed E-state index contributed by atoms with van der Waals surface area (Å²) >= 11 is 7.99. The number of benzene rings is 2. The van der Waals surface area contributed by atoms with Gasteiger partial charge in [-0.1, -0.05) is 30.7 Å². The van der Waals surface area contributed by atoms with Gasteiger partial charge < -0.3 is 20.1 Å². The molecule has 0 spiro atoms. The molecule has 0 bridgehead atoms. The second kappa shape index (κ2) is 13.2. The van der Waals surface area contributed by atoms with Crippen molar-refractivity contribution in [1.82, 2.24) is 25.1 Å². The minimum atomic E-state index is -5.09. The van der Waals surface area contributed by atoms with Crippen molar-refractivity contribution in [2.24, 2.45) is 0 Å². The molecule has 1 atom stereocenters. The van der Waals surface area contributed by atoms with E-state index in [1.807, 2.05) is 6.92 Å². The number of anilines is 2. The molecule has 3 heterocycles. The van der Waals surface area contributed by atoms with Crippen LogP contribution in [0.15, 0.2) is 55.0 Å². The molecule has 15 heteroatoms. The second-order valence-corrected chi connectivity index (χ2v) is 11.9. The Morgan fingerprint density at radius 3 is 2.78 bits per heavy atom. The summed E-state index contributed by atoms with van der Waals surface area (Å²) < 4.78 is 64.4. The molecule has 1 aliphatic rings. The molecular formula is C31H27ClF4N6O3S. The monoisotopic (exact) mass is 674 g/mol. The summed E-state index contributed by atoms with van der Waals surface area (Å²) in [5.41, 5.74) is 4.07. The first-order valence-electron chi connectivity index (χ1n) is 14.3. The van der Waals surface area contributed by atoms with E-state index in [9.17, 15) is 22.4 Å². The number of thiophene rings is 1. The fourth-order valence-corrected chi connectivity index (χ4v) is 6.74. The van der Waals surface area contributed by atoms with Crippen molar-refractivity contribution in [2.75, 3.05) is 18.4 Å². The minimum absolute atomic E-state index is 0.0281. The number of esters is 1. The van der Waals surface area contributed by atoms with E-state index in [-0.39, 0.29) is 25.5 Å². The van der Waals surface area contributed by atoms with E-state index in [1.165, 1.54) is 29.8 Å². The number of fused-ring (bicyclic) bond motifs is 5. The molecule has 9 nitrogen and oxygen atoms in total. The van der Waals surface area contributed by atoms with Crippen LogP contribution in [0.3, 0.4) is 0 Å². The van der Waals surface area contributed by atoms with Crippen LogP contribution >= 0.6 is 22.9 Å². The van der Waals surface area contributed by atoms with Gasteiger partial charge in [0.15, 0.2) is 0 Å². The van der Waals surface area contributed by atoms with E-state index in [1.54, 1.807) is 41.2 Å². The number of aromatic nitrogens is 4. The first kappa shape index (κ1) is 31.7. The second-order valence-electron chi connectivity index (χ2n) is 10.5. The highest BCUT2D eigenvalue weighted by atomic mass is 35.5. The van der Waals surface area contributed by atoms with Gasteiger partial charge >= 0.3 is 12.1 Å². The maximum Gasteiger partial charge on any atom is 0.490 e. The molecule has 2 N–H and O–H groups in total. The Balaban J connectivity index is 1.22. The van der Waals surface area contributed by atoms with Crippen molar-refractivity contribution in [2.45, 2.75) is 45.2 Å². The molecule has 6 rings (SSSR count). The maximum absolute atomic E-state index is 13.5. The van der Waals surface area contributed by atoms with Gasteiger partial charge in [-0.25, -0.2) is 19.2 Å². The number of halogens is 5. The van der Waals surface area contributed by atoms with Gasteiger partial charge in [0.1, 0.15) is 41.3 Å². The molecule has 3 aromatic heterocycles. The number of aryl methyl sites for hydroxylation is 1. The van der Waals surface area contributed by atoms with E-state index in [4.69, 9.17) is 21.1 Å². The standard InChI is InChI=1S/C31H27ClF4N6O3S/c1-2-37-12-20(45-30(43)31(34,35)36)14-42-24-8-7-21-26-28(38-16-39-29(26)46-27(21)22(24)13-40-42)41-19-6-9-25(23(32)11-19)44-15-17-4-3-5-18(33)10-17/h3-6,9-11,13,16,20,37H,2,7-8,12,14-15H2,1H3,(H,38,39,41)/t20-/m1/s1. The number of alkyl halides is 3. The van der Waals surface area contributed by atoms with Crippen LogP contribution in [0.25, 0.3) is 20.7 Å². The van der Waals surface area contributed by atoms with Gasteiger partial charge in [-0.05, 0) is 60.8 Å². The predicted molar refractivity (Wildman–Crippen MR) is 166 cm³/mol. The molecule has 0 fully saturated rings. The van der Waals surface area contributed by atoms with Crippen molar-refractivity contribution < 1.29 is 31.8 Å². The van der Waals surface area contributed by atoms with E-state index < -0.39 is 18.2 Å². The first-order valence-corrected chi connectivity index (χ1v) is 15.5. The molecule has 240 valence electrons. The fourth-order valence-electron chi connectivity index (χ4n) is 5.29. The summed E-state index contributed by atoms with van der Waals surface area (Å²) in [6.07, 6.45) is -1.82. The van der Waals surface area contributed by atoms with Gasteiger partial charge in [-0.3, -0.25) is 4.68 Å². The third-order valence-corrected chi connectivity index (χ3v) is 8.84. The van der Waals surface area contributed by atoms with E-state index >= 15 is 0 Å². The first-order chi connectivity index (χ1) is 22.1. The number of hydrogen-bond donors (Lipinski definition) is 2. The maximum atomic E-state index is 13.5. The number of nitrogens with one attached hydrogen (secondary N) is 2. The molecule has 46 heavy (non-hydrogen) atoms. The highest BCUT2D eigenvalue weighted by molar-refractivity contribution is 7.22. The Bertz CT molecular complexity index is 1900. The highest BCUT2D eigenvalue weighted by Gasteiger charge is 2.42. The van der Waals surface area contributed by atoms with E-state index in [2.05, 4.69) is 25.7 Å². The molecule has 0 radical (unpaired) electrons. The normalized spacial score (nSPS) is 13.3. The number of likely N-dealkylation sites (N-methyl/N-ethyl adjacent to an activating group) is 1. The summed E-state index contributed by atoms with van der Waals surface area (Å²) in [6, 6.07) is 11.4. The lowest BCUT2D eigenvalue weighted by atomic mass is 9.95. The van der Waals surface area contributed by atoms with Crippen molar-refractivity contribution in [3.8, 4) is 16.2 Å². The van der Waals surface area contributed by atoms with E-state index in [0.717, 1.165) is 31.9 Å². The molecule has 2 aromatic carbocycles. The third-order valence-electron chi connectivity index (χ3n) is 7.37. The molecule has 5 aromatic rings. The summed E-state index contributed by atoms with van der Waals surface area (Å²) in [4.78, 5) is 22.3. The summed E-state index contributed by atoms with van der Waals surface area (Å²) in [5.74, 6) is -1.53. The van der Waals surface area contributed by atoms with Gasteiger partial charge in [0.05, 0.1) is 23.2 Å². The molecular weight excluding hydrogens is 648 g/mol. The van der Waals surface area contributed by atoms with Crippen LogP contribution in [0.2, 0.25) is 5.02 Å². The Kier molecular flexibility index (Phi) is 9.11. The van der Waals surface area contributed by atoms with Gasteiger partial charge in [-0.15, -0.1) is 11.3 Å². The Morgan fingerprint density at radius 2 is 2.02 bits per heavy atom. The number of ether oxygens (including phenoxy) is 2. The Hall–Kier alpha value is -4.27. The predicted octanol–water partition coefficient (Wildman–Crippen LogP) is 6.85. The largest absolute Gasteiger partial charge is 0.490 e. The molecule has 0 saturated heterocycles. The average molecular weight is 675 g/mol. The zero-order valence-corrected chi connectivity index (χ0v) is 25.9. The third kappa shape index (κ3) is 6.78. The summed E-state index contributed by atoms with van der Waals surface area (Å²) in [5, 5.41) is 12.0. The van der Waals surface area contributed by atoms with Crippen molar-refractivity contribution in [1.29, 1.82) is 0 Å². The van der Waals surface area contributed by atoms with Crippen LogP contribution in [0.5, 0.6) is 5.75 Å². The molecule has 0 saturated carbocycles. The zero-order valence-electron chi connectivity index (χ0n) is 24.3. The van der Waals surface area contributed by atoms with Crippen LogP contribution in [0, 0.1) is 5.82 Å². The van der Waals surface area contributed by atoms with Gasteiger partial charge in [-0.2, -0.15) is 18.3 Å². The van der Waals surface area contributed by atoms with Crippen LogP contribution < -0.4 is 15.4 Å². The molecule has 0 unspecified atom stereocenters. The van der Waals surface area contributed by atoms with Crippen LogP contribution in [0.1, 0.15) is 23.7 Å². The lowest BCUT2D eigenvalue weighted by molar-refractivity contribution is -0.205. The van der Waals surface area contributed by atoms with Gasteiger partial charge in [0.2, 0.25) is 0 Å². The molecule has 0 amide bonds. The number of carbonyl (C=O) groups is 1. The Morgan fingerprint density at radius 1 is 1.17 bits per heavy atom. The van der Waals surface area contributed by atoms with Crippen molar-refractivity contribution in [3.05, 3.63) is 82.6 Å². The Labute approximate surface area is 269 Å². The highest BCUT2D eigenvalue weighted by Crippen LogP contribution is 2.45. The van der Waals surface area contributed by atoms with Crippen LogP contribution in [-0.4, -0.2) is 51.1 Å². The SMILES string of the molecule is CCNC[C@H](Cn1ncc2c1CCc1c-2sc2ncnc(Nc3ccc(OCc4cccc(F)c4)c(Cl)c3)c12)OC(=O)C(F)(F)F. The van der Waals surface area contributed by atoms with Gasteiger partial charge in [0.25, 0.3) is 0 Å². The van der Waals surface area contributed by atoms with Gasteiger partial charge in [0, 0.05) is 28.4 Å². The quantitative estimate of drug-likeness (QED) is 0.116. The average Bonchev–Trinajstić information content (AvgIpc) is 3.61. The summed E-state index contributed by atoms with van der Waals surface area (Å²) in [6.45, 7) is 2.49. The molecule has 0 aliphatic heterocycles. The number of nitrogens with zero attached hydrogens (tertiary/aromatic N) is 4. The lowest BCUT2D eigenvalue weighted by Gasteiger charge is -2.21. The van der Waals surface area contributed by atoms with Crippen LogP contribution in [-0.2, 0) is 35.5 Å². The van der Waals surface area contributed by atoms with E-state index in [0.29, 0.717) is 47.2 Å². The molecule has 1 aliphatic carbocycles. The van der Waals surface area contributed by atoms with Crippen molar-refractivity contribution in [3.63, 3.8) is 0 Å². The summed E-state index contributed by atoms with van der Waals surface area (Å²) in [7, 11) is 0. The number of carbonyl (C=O) groups excluding carboxylic acids is 1. The fraction of sp³-hybridized carbons (Fsp3) is 0.290. The zero-order chi connectivity index (χ0) is 32.4. The lowest BCUT2D eigenvalue weighted by Crippen LogP contribution is -2.38.